The van der Waals surface area contributed by atoms with Gasteiger partial charge >= 0.3 is 5.69 Å². The van der Waals surface area contributed by atoms with Gasteiger partial charge in [0.15, 0.2) is 0 Å². The molecule has 6 heteroatoms. The summed E-state index contributed by atoms with van der Waals surface area (Å²) < 4.78 is 3.50. The van der Waals surface area contributed by atoms with Gasteiger partial charge in [-0.2, -0.15) is 0 Å². The van der Waals surface area contributed by atoms with Crippen molar-refractivity contribution in [3.05, 3.63) is 70.6 Å². The van der Waals surface area contributed by atoms with E-state index in [1.807, 2.05) is 42.2 Å². The van der Waals surface area contributed by atoms with Crippen molar-refractivity contribution in [3.8, 4) is 0 Å². The number of piperazine rings is 1. The van der Waals surface area contributed by atoms with Crippen LogP contribution in [0.1, 0.15) is 18.9 Å². The van der Waals surface area contributed by atoms with Crippen molar-refractivity contribution in [1.29, 1.82) is 0 Å². The molecule has 3 aromatic rings. The smallest absolute Gasteiger partial charge is 0.329 e. The third-order valence-electron chi connectivity index (χ3n) is 5.76. The predicted molar refractivity (Wildman–Crippen MR) is 115 cm³/mol. The molecule has 4 rings (SSSR count). The maximum atomic E-state index is 12.7. The van der Waals surface area contributed by atoms with E-state index in [0.29, 0.717) is 19.5 Å². The van der Waals surface area contributed by atoms with Gasteiger partial charge < -0.3 is 4.90 Å². The number of nitrogens with zero attached hydrogens (tertiary/aromatic N) is 4. The van der Waals surface area contributed by atoms with Crippen molar-refractivity contribution in [2.24, 2.45) is 0 Å². The summed E-state index contributed by atoms with van der Waals surface area (Å²) in [4.78, 5) is 29.8. The summed E-state index contributed by atoms with van der Waals surface area (Å²) in [5.74, 6) is 0.129. The van der Waals surface area contributed by atoms with Crippen LogP contribution >= 0.6 is 0 Å². The molecule has 1 fully saturated rings. The van der Waals surface area contributed by atoms with Crippen molar-refractivity contribution in [2.75, 3.05) is 26.2 Å². The number of hydrogen-bond acceptors (Lipinski definition) is 3. The Balaban J connectivity index is 1.35. The molecular formula is C23H28N4O2. The summed E-state index contributed by atoms with van der Waals surface area (Å²) in [5.41, 5.74) is 3.11. The molecule has 2 aromatic carbocycles. The van der Waals surface area contributed by atoms with Crippen LogP contribution in [0.4, 0.5) is 0 Å². The fourth-order valence-electron chi connectivity index (χ4n) is 4.16. The van der Waals surface area contributed by atoms with Gasteiger partial charge in [0.25, 0.3) is 0 Å². The zero-order valence-corrected chi connectivity index (χ0v) is 17.0. The molecule has 2 heterocycles. The van der Waals surface area contributed by atoms with Gasteiger partial charge in [-0.15, -0.1) is 0 Å². The molecule has 0 spiro atoms. The molecule has 0 saturated carbocycles. The number of hydrogen-bond donors (Lipinski definition) is 0. The van der Waals surface area contributed by atoms with Crippen LogP contribution in [0.2, 0.25) is 0 Å². The second-order valence-electron chi connectivity index (χ2n) is 7.56. The number of benzene rings is 2. The molecule has 6 nitrogen and oxygen atoms in total. The largest absolute Gasteiger partial charge is 0.340 e. The number of carbonyl (C=O) groups excluding carboxylic acids is 1. The van der Waals surface area contributed by atoms with E-state index in [2.05, 4.69) is 29.2 Å². The van der Waals surface area contributed by atoms with Crippen molar-refractivity contribution in [2.45, 2.75) is 33.0 Å². The first-order valence-electron chi connectivity index (χ1n) is 10.4. The zero-order valence-electron chi connectivity index (χ0n) is 17.0. The Morgan fingerprint density at radius 3 is 2.14 bits per heavy atom. The molecular weight excluding hydrogens is 364 g/mol. The lowest BCUT2D eigenvalue weighted by atomic mass is 10.2. The number of para-hydroxylation sites is 2. The van der Waals surface area contributed by atoms with Gasteiger partial charge in [-0.05, 0) is 24.6 Å². The monoisotopic (exact) mass is 392 g/mol. The second-order valence-corrected chi connectivity index (χ2v) is 7.56. The Bertz CT molecular complexity index is 1030. The summed E-state index contributed by atoms with van der Waals surface area (Å²) >= 11 is 0. The van der Waals surface area contributed by atoms with E-state index in [1.54, 1.807) is 9.13 Å². The number of carbonyl (C=O) groups is 1. The summed E-state index contributed by atoms with van der Waals surface area (Å²) in [6.07, 6.45) is 0.357. The number of fused-ring (bicyclic) bond motifs is 1. The SMILES string of the molecule is CCn1c(=O)n(CCC(=O)N2CCN(Cc3ccccc3)CC2)c2ccccc21. The molecule has 1 aromatic heterocycles. The maximum Gasteiger partial charge on any atom is 0.329 e. The summed E-state index contributed by atoms with van der Waals surface area (Å²) in [5, 5.41) is 0. The molecule has 1 aliphatic rings. The first-order valence-corrected chi connectivity index (χ1v) is 10.4. The van der Waals surface area contributed by atoms with Crippen LogP contribution in [0.5, 0.6) is 0 Å². The lowest BCUT2D eigenvalue weighted by Gasteiger charge is -2.34. The quantitative estimate of drug-likeness (QED) is 0.648. The van der Waals surface area contributed by atoms with E-state index < -0.39 is 0 Å². The number of imidazole rings is 1. The Morgan fingerprint density at radius 1 is 0.862 bits per heavy atom. The molecule has 0 bridgehead atoms. The van der Waals surface area contributed by atoms with Crippen LogP contribution in [0.15, 0.2) is 59.4 Å². The summed E-state index contributed by atoms with van der Waals surface area (Å²) in [6.45, 7) is 7.21. The minimum Gasteiger partial charge on any atom is -0.340 e. The highest BCUT2D eigenvalue weighted by Gasteiger charge is 2.21. The fourth-order valence-corrected chi connectivity index (χ4v) is 4.16. The highest BCUT2D eigenvalue weighted by atomic mass is 16.2. The molecule has 0 radical (unpaired) electrons. The van der Waals surface area contributed by atoms with Crippen LogP contribution in [-0.4, -0.2) is 51.0 Å². The van der Waals surface area contributed by atoms with Gasteiger partial charge in [0.1, 0.15) is 0 Å². The topological polar surface area (TPSA) is 50.5 Å². The van der Waals surface area contributed by atoms with Gasteiger partial charge in [-0.3, -0.25) is 18.8 Å². The average Bonchev–Trinajstić information content (AvgIpc) is 3.03. The fraction of sp³-hybridized carbons (Fsp3) is 0.391. The van der Waals surface area contributed by atoms with Crippen LogP contribution < -0.4 is 5.69 Å². The lowest BCUT2D eigenvalue weighted by Crippen LogP contribution is -2.48. The van der Waals surface area contributed by atoms with Crippen molar-refractivity contribution < 1.29 is 4.79 Å². The molecule has 152 valence electrons. The number of aromatic nitrogens is 2. The first-order chi connectivity index (χ1) is 14.2. The third-order valence-corrected chi connectivity index (χ3v) is 5.76. The second kappa shape index (κ2) is 8.66. The van der Waals surface area contributed by atoms with E-state index in [0.717, 1.165) is 43.8 Å². The third kappa shape index (κ3) is 4.12. The predicted octanol–water partition coefficient (Wildman–Crippen LogP) is 2.56. The van der Waals surface area contributed by atoms with Gasteiger partial charge in [0.2, 0.25) is 5.91 Å². The van der Waals surface area contributed by atoms with Crippen molar-refractivity contribution >= 4 is 16.9 Å². The number of aryl methyl sites for hydroxylation is 2. The van der Waals surface area contributed by atoms with Crippen LogP contribution in [-0.2, 0) is 24.4 Å². The van der Waals surface area contributed by atoms with Crippen molar-refractivity contribution in [1.82, 2.24) is 18.9 Å². The van der Waals surface area contributed by atoms with E-state index in [4.69, 9.17) is 0 Å². The van der Waals surface area contributed by atoms with Gasteiger partial charge in [0, 0.05) is 52.2 Å². The van der Waals surface area contributed by atoms with Gasteiger partial charge in [0.05, 0.1) is 11.0 Å². The summed E-state index contributed by atoms with van der Waals surface area (Å²) in [6, 6.07) is 18.2. The lowest BCUT2D eigenvalue weighted by molar-refractivity contribution is -0.133. The Morgan fingerprint density at radius 2 is 1.48 bits per heavy atom. The van der Waals surface area contributed by atoms with E-state index in [1.165, 1.54) is 5.56 Å². The average molecular weight is 393 g/mol. The van der Waals surface area contributed by atoms with Crippen molar-refractivity contribution in [3.63, 3.8) is 0 Å². The Labute approximate surface area is 171 Å². The molecule has 0 N–H and O–H groups in total. The molecule has 29 heavy (non-hydrogen) atoms. The Hall–Kier alpha value is -2.86. The standard InChI is InChI=1S/C23H28N4O2/c1-2-26-20-10-6-7-11-21(20)27(23(26)29)13-12-22(28)25-16-14-24(15-17-25)18-19-8-4-3-5-9-19/h3-11H,2,12-18H2,1H3. The minimum atomic E-state index is -0.0332. The van der Waals surface area contributed by atoms with E-state index >= 15 is 0 Å². The molecule has 1 saturated heterocycles. The Kier molecular flexibility index (Phi) is 5.81. The molecule has 1 aliphatic heterocycles. The van der Waals surface area contributed by atoms with Gasteiger partial charge in [-0.1, -0.05) is 42.5 Å². The van der Waals surface area contributed by atoms with Crippen LogP contribution in [0.3, 0.4) is 0 Å². The number of rotatable bonds is 6. The summed E-state index contributed by atoms with van der Waals surface area (Å²) in [7, 11) is 0. The zero-order chi connectivity index (χ0) is 20.2. The highest BCUT2D eigenvalue weighted by molar-refractivity contribution is 5.78. The normalized spacial score (nSPS) is 15.1. The molecule has 0 atom stereocenters. The molecule has 0 unspecified atom stereocenters. The number of amides is 1. The van der Waals surface area contributed by atoms with Crippen LogP contribution in [0, 0.1) is 0 Å². The van der Waals surface area contributed by atoms with E-state index in [-0.39, 0.29) is 11.6 Å². The highest BCUT2D eigenvalue weighted by Crippen LogP contribution is 2.14. The molecule has 0 aliphatic carbocycles. The van der Waals surface area contributed by atoms with Gasteiger partial charge in [-0.25, -0.2) is 4.79 Å². The first kappa shape index (κ1) is 19.5. The van der Waals surface area contributed by atoms with E-state index in [9.17, 15) is 9.59 Å². The van der Waals surface area contributed by atoms with Crippen LogP contribution in [0.25, 0.3) is 11.0 Å². The maximum absolute atomic E-state index is 12.7. The minimum absolute atomic E-state index is 0.0332. The molecule has 1 amide bonds.